The minimum absolute atomic E-state index is 0.240. The van der Waals surface area contributed by atoms with Crippen molar-refractivity contribution in [3.05, 3.63) is 95.1 Å². The molecule has 3 rings (SSSR count). The Hall–Kier alpha value is -3.38. The Bertz CT molecular complexity index is 1010. The van der Waals surface area contributed by atoms with E-state index in [-0.39, 0.29) is 11.5 Å². The number of rotatable bonds is 7. The summed E-state index contributed by atoms with van der Waals surface area (Å²) in [5.41, 5.74) is 6.92. The molecule has 6 nitrogen and oxygen atoms in total. The first-order valence-corrected chi connectivity index (χ1v) is 9.02. The highest BCUT2D eigenvalue weighted by Gasteiger charge is 2.18. The average molecular weight is 394 g/mol. The van der Waals surface area contributed by atoms with Gasteiger partial charge in [-0.15, -0.1) is 0 Å². The van der Waals surface area contributed by atoms with Crippen LogP contribution in [0.5, 0.6) is 0 Å². The highest BCUT2D eigenvalue weighted by Crippen LogP contribution is 2.18. The molecular weight excluding hydrogens is 374 g/mol. The topological polar surface area (TPSA) is 82.2 Å². The smallest absolute Gasteiger partial charge is 0.257 e. The van der Waals surface area contributed by atoms with E-state index in [0.29, 0.717) is 16.4 Å². The van der Waals surface area contributed by atoms with E-state index in [4.69, 9.17) is 11.6 Å². The minimum atomic E-state index is -0.354. The Kier molecular flexibility index (Phi) is 6.24. The number of nitrogens with zero attached hydrogens (tertiary/aromatic N) is 2. The number of H-pyrrole nitrogens is 1. The Balaban J connectivity index is 1.76. The van der Waals surface area contributed by atoms with E-state index in [1.807, 2.05) is 24.4 Å². The third-order valence-corrected chi connectivity index (χ3v) is 4.26. The number of aromatic amines is 1. The Morgan fingerprint density at radius 2 is 2.04 bits per heavy atom. The molecule has 0 spiro atoms. The van der Waals surface area contributed by atoms with Crippen molar-refractivity contribution in [2.45, 2.75) is 6.42 Å². The molecule has 0 atom stereocenters. The number of carbonyl (C=O) groups is 1. The van der Waals surface area contributed by atoms with Crippen molar-refractivity contribution in [1.82, 2.24) is 15.4 Å². The number of anilines is 1. The summed E-state index contributed by atoms with van der Waals surface area (Å²) in [5, 5.41) is 7.57. The predicted octanol–water partition coefficient (Wildman–Crippen LogP) is 3.77. The summed E-state index contributed by atoms with van der Waals surface area (Å²) in [6.07, 6.45) is 6.05. The highest BCUT2D eigenvalue weighted by molar-refractivity contribution is 6.32. The molecule has 1 amide bonds. The van der Waals surface area contributed by atoms with E-state index in [1.165, 1.54) is 0 Å². The summed E-state index contributed by atoms with van der Waals surface area (Å²) in [6, 6.07) is 12.8. The van der Waals surface area contributed by atoms with Gasteiger partial charge in [-0.25, -0.2) is 0 Å². The zero-order valence-corrected chi connectivity index (χ0v) is 16.1. The van der Waals surface area contributed by atoms with Gasteiger partial charge in [-0.3, -0.25) is 9.78 Å². The third-order valence-electron chi connectivity index (χ3n) is 4.03. The number of hydrazone groups is 1. The van der Waals surface area contributed by atoms with Crippen molar-refractivity contribution in [2.24, 2.45) is 5.10 Å². The van der Waals surface area contributed by atoms with Crippen LogP contribution >= 0.6 is 11.6 Å². The van der Waals surface area contributed by atoms with Crippen molar-refractivity contribution in [3.8, 4) is 0 Å². The molecule has 2 heterocycles. The summed E-state index contributed by atoms with van der Waals surface area (Å²) in [4.78, 5) is 19.9. The van der Waals surface area contributed by atoms with Gasteiger partial charge in [0.05, 0.1) is 5.57 Å². The van der Waals surface area contributed by atoms with Crippen LogP contribution in [-0.2, 0) is 11.2 Å². The van der Waals surface area contributed by atoms with Crippen LogP contribution in [0.3, 0.4) is 0 Å². The normalized spacial score (nSPS) is 11.1. The fourth-order valence-electron chi connectivity index (χ4n) is 2.70. The van der Waals surface area contributed by atoms with Crippen LogP contribution in [0.2, 0.25) is 5.02 Å². The molecule has 3 aromatic rings. The van der Waals surface area contributed by atoms with Crippen LogP contribution in [0.25, 0.3) is 0 Å². The van der Waals surface area contributed by atoms with Crippen molar-refractivity contribution in [3.63, 3.8) is 0 Å². The maximum Gasteiger partial charge on any atom is 0.257 e. The number of halogens is 1. The second-order valence-electron chi connectivity index (χ2n) is 6.07. The second-order valence-corrected chi connectivity index (χ2v) is 6.51. The molecule has 2 aromatic heterocycles. The Morgan fingerprint density at radius 3 is 2.75 bits per heavy atom. The van der Waals surface area contributed by atoms with Gasteiger partial charge in [0.25, 0.3) is 5.91 Å². The molecular formula is C21H20ClN5O. The molecule has 0 fully saturated rings. The molecule has 0 saturated heterocycles. The standard InChI is InChI=1S/C21H20ClN5O/c1-14(21(28)26-18-5-3-4-17(22)12-18)20(27-23-2)16-11-19(25-13-16)10-15-6-8-24-9-7-15/h3-9,11-13,23,25H,1,10H2,2H3,(H,26,28)/b27-20+. The zero-order chi connectivity index (χ0) is 19.9. The van der Waals surface area contributed by atoms with E-state index in [1.54, 1.807) is 43.7 Å². The lowest BCUT2D eigenvalue weighted by atomic mass is 10.0. The van der Waals surface area contributed by atoms with Gasteiger partial charge in [-0.1, -0.05) is 24.2 Å². The molecule has 0 bridgehead atoms. The fraction of sp³-hybridized carbons (Fsp3) is 0.0952. The number of amides is 1. The van der Waals surface area contributed by atoms with Gasteiger partial charge in [0, 0.05) is 54.0 Å². The van der Waals surface area contributed by atoms with Crippen LogP contribution in [-0.4, -0.2) is 28.6 Å². The second kappa shape index (κ2) is 9.01. The molecule has 142 valence electrons. The Labute approximate surface area is 168 Å². The molecule has 0 aliphatic carbocycles. The van der Waals surface area contributed by atoms with Crippen molar-refractivity contribution in [2.75, 3.05) is 12.4 Å². The van der Waals surface area contributed by atoms with Crippen LogP contribution in [0.4, 0.5) is 5.69 Å². The highest BCUT2D eigenvalue weighted by atomic mass is 35.5. The summed E-state index contributed by atoms with van der Waals surface area (Å²) >= 11 is 5.97. The molecule has 0 saturated carbocycles. The lowest BCUT2D eigenvalue weighted by Gasteiger charge is -2.10. The van der Waals surface area contributed by atoms with Crippen molar-refractivity contribution >= 4 is 28.9 Å². The minimum Gasteiger partial charge on any atom is -0.364 e. The Morgan fingerprint density at radius 1 is 1.25 bits per heavy atom. The van der Waals surface area contributed by atoms with Gasteiger partial charge in [0.15, 0.2) is 0 Å². The van der Waals surface area contributed by atoms with E-state index >= 15 is 0 Å². The summed E-state index contributed by atoms with van der Waals surface area (Å²) in [5.74, 6) is -0.354. The van der Waals surface area contributed by atoms with Crippen LogP contribution in [0, 0.1) is 0 Å². The summed E-state index contributed by atoms with van der Waals surface area (Å²) in [6.45, 7) is 3.92. The van der Waals surface area contributed by atoms with Gasteiger partial charge < -0.3 is 15.7 Å². The van der Waals surface area contributed by atoms with E-state index < -0.39 is 0 Å². The van der Waals surface area contributed by atoms with E-state index in [0.717, 1.165) is 23.2 Å². The summed E-state index contributed by atoms with van der Waals surface area (Å²) < 4.78 is 0. The molecule has 28 heavy (non-hydrogen) atoms. The maximum atomic E-state index is 12.6. The van der Waals surface area contributed by atoms with Gasteiger partial charge >= 0.3 is 0 Å². The van der Waals surface area contributed by atoms with Crippen molar-refractivity contribution in [1.29, 1.82) is 0 Å². The number of hydrogen-bond acceptors (Lipinski definition) is 4. The molecule has 0 radical (unpaired) electrons. The SMILES string of the molecule is C=C(C(=O)Nc1cccc(Cl)c1)/C(=N\NC)c1c[nH]c(Cc2ccncc2)c1. The monoisotopic (exact) mass is 393 g/mol. The molecule has 0 unspecified atom stereocenters. The first-order chi connectivity index (χ1) is 13.6. The number of aromatic nitrogens is 2. The molecule has 7 heteroatoms. The quantitative estimate of drug-likeness (QED) is 0.324. The molecule has 1 aromatic carbocycles. The molecule has 0 aliphatic heterocycles. The number of benzene rings is 1. The molecule has 3 N–H and O–H groups in total. The van der Waals surface area contributed by atoms with Crippen molar-refractivity contribution < 1.29 is 4.79 Å². The van der Waals surface area contributed by atoms with Gasteiger partial charge in [-0.2, -0.15) is 5.10 Å². The largest absolute Gasteiger partial charge is 0.364 e. The first-order valence-electron chi connectivity index (χ1n) is 8.64. The fourth-order valence-corrected chi connectivity index (χ4v) is 2.89. The average Bonchev–Trinajstić information content (AvgIpc) is 3.14. The first kappa shape index (κ1) is 19.4. The summed E-state index contributed by atoms with van der Waals surface area (Å²) in [7, 11) is 1.67. The van der Waals surface area contributed by atoms with Crippen LogP contribution in [0.15, 0.2) is 78.3 Å². The number of hydrogen-bond donors (Lipinski definition) is 3. The van der Waals surface area contributed by atoms with E-state index in [2.05, 4.69) is 32.4 Å². The number of carbonyl (C=O) groups excluding carboxylic acids is 1. The van der Waals surface area contributed by atoms with Gasteiger partial charge in [0.1, 0.15) is 5.71 Å². The van der Waals surface area contributed by atoms with Gasteiger partial charge in [0.2, 0.25) is 0 Å². The lowest BCUT2D eigenvalue weighted by Crippen LogP contribution is -2.21. The number of pyridine rings is 1. The molecule has 0 aliphatic rings. The van der Waals surface area contributed by atoms with Crippen LogP contribution < -0.4 is 10.7 Å². The zero-order valence-electron chi connectivity index (χ0n) is 15.4. The third kappa shape index (κ3) is 4.86. The van der Waals surface area contributed by atoms with Gasteiger partial charge in [-0.05, 0) is 42.0 Å². The predicted molar refractivity (Wildman–Crippen MR) is 113 cm³/mol. The number of nitrogens with one attached hydrogen (secondary N) is 3. The van der Waals surface area contributed by atoms with E-state index in [9.17, 15) is 4.79 Å². The lowest BCUT2D eigenvalue weighted by molar-refractivity contribution is -0.112. The maximum absolute atomic E-state index is 12.6. The van der Waals surface area contributed by atoms with Crippen LogP contribution in [0.1, 0.15) is 16.8 Å².